The van der Waals surface area contributed by atoms with Gasteiger partial charge in [-0.1, -0.05) is 27.7 Å². The summed E-state index contributed by atoms with van der Waals surface area (Å²) in [6.45, 7) is 9.51. The number of aliphatic hydroxyl groups is 1. The van der Waals surface area contributed by atoms with Gasteiger partial charge in [-0.2, -0.15) is 0 Å². The minimum atomic E-state index is -0.125. The standard InChI is InChI=1S/C10H14N2O2.2C2H6/c1-8(14)12-10(4-7-13)9-2-5-11-6-3-9;2*1-2/h2-3,5-6,10,13H,4,7H2,1H3,(H,12,14);2*1-2H3/t10-;;/m0../s1. The number of carbonyl (C=O) groups excluding carboxylic acids is 1. The third-order valence-corrected chi connectivity index (χ3v) is 1.90. The fourth-order valence-electron chi connectivity index (χ4n) is 1.29. The largest absolute Gasteiger partial charge is 0.396 e. The normalized spacial score (nSPS) is 10.1. The third kappa shape index (κ3) is 8.70. The molecule has 4 heteroatoms. The number of nitrogens with zero attached hydrogens (tertiary/aromatic N) is 1. The van der Waals surface area contributed by atoms with E-state index in [1.807, 2.05) is 39.8 Å². The molecule has 4 nitrogen and oxygen atoms in total. The van der Waals surface area contributed by atoms with Gasteiger partial charge >= 0.3 is 0 Å². The lowest BCUT2D eigenvalue weighted by atomic mass is 10.1. The minimum Gasteiger partial charge on any atom is -0.396 e. The highest BCUT2D eigenvalue weighted by atomic mass is 16.3. The molecule has 0 aliphatic heterocycles. The average molecular weight is 254 g/mol. The molecule has 2 N–H and O–H groups in total. The lowest BCUT2D eigenvalue weighted by Gasteiger charge is -2.16. The Hall–Kier alpha value is -1.42. The van der Waals surface area contributed by atoms with E-state index in [-0.39, 0.29) is 18.6 Å². The van der Waals surface area contributed by atoms with Gasteiger partial charge in [0.25, 0.3) is 0 Å². The second-order valence-corrected chi connectivity index (χ2v) is 3.05. The summed E-state index contributed by atoms with van der Waals surface area (Å²) in [6, 6.07) is 3.53. The van der Waals surface area contributed by atoms with E-state index in [0.29, 0.717) is 6.42 Å². The van der Waals surface area contributed by atoms with Crippen molar-refractivity contribution in [2.45, 2.75) is 47.1 Å². The molecule has 1 aromatic heterocycles. The quantitative estimate of drug-likeness (QED) is 0.868. The van der Waals surface area contributed by atoms with Gasteiger partial charge in [-0.05, 0) is 24.1 Å². The van der Waals surface area contributed by atoms with Crippen LogP contribution < -0.4 is 5.32 Å². The number of rotatable bonds is 4. The Kier molecular flexibility index (Phi) is 14.4. The Morgan fingerprint density at radius 1 is 1.28 bits per heavy atom. The van der Waals surface area contributed by atoms with Crippen LogP contribution in [0.5, 0.6) is 0 Å². The van der Waals surface area contributed by atoms with Crippen molar-refractivity contribution in [1.29, 1.82) is 0 Å². The van der Waals surface area contributed by atoms with E-state index in [0.717, 1.165) is 5.56 Å². The van der Waals surface area contributed by atoms with Crippen molar-refractivity contribution in [3.05, 3.63) is 30.1 Å². The minimum absolute atomic E-state index is 0.0489. The molecule has 0 aromatic carbocycles. The molecule has 0 aliphatic rings. The number of aromatic nitrogens is 1. The molecule has 0 saturated heterocycles. The van der Waals surface area contributed by atoms with Gasteiger partial charge in [0.1, 0.15) is 0 Å². The average Bonchev–Trinajstić information content (AvgIpc) is 2.43. The number of nitrogens with one attached hydrogen (secondary N) is 1. The smallest absolute Gasteiger partial charge is 0.217 e. The molecular weight excluding hydrogens is 228 g/mol. The van der Waals surface area contributed by atoms with Crippen molar-refractivity contribution in [1.82, 2.24) is 10.3 Å². The van der Waals surface area contributed by atoms with E-state index in [1.165, 1.54) is 6.92 Å². The van der Waals surface area contributed by atoms with E-state index in [9.17, 15) is 4.79 Å². The summed E-state index contributed by atoms with van der Waals surface area (Å²) < 4.78 is 0. The predicted octanol–water partition coefficient (Wildman–Crippen LogP) is 2.69. The summed E-state index contributed by atoms with van der Waals surface area (Å²) in [5, 5.41) is 11.6. The molecule has 18 heavy (non-hydrogen) atoms. The highest BCUT2D eigenvalue weighted by molar-refractivity contribution is 5.73. The Morgan fingerprint density at radius 3 is 2.17 bits per heavy atom. The molecule has 0 saturated carbocycles. The van der Waals surface area contributed by atoms with Gasteiger partial charge in [-0.25, -0.2) is 0 Å². The van der Waals surface area contributed by atoms with Gasteiger partial charge in [-0.15, -0.1) is 0 Å². The summed E-state index contributed by atoms with van der Waals surface area (Å²) in [4.78, 5) is 14.8. The van der Waals surface area contributed by atoms with E-state index in [1.54, 1.807) is 12.4 Å². The van der Waals surface area contributed by atoms with Crippen molar-refractivity contribution in [3.8, 4) is 0 Å². The van der Waals surface area contributed by atoms with Crippen LogP contribution in [0.1, 0.15) is 52.6 Å². The van der Waals surface area contributed by atoms with Crippen LogP contribution in [0.4, 0.5) is 0 Å². The summed E-state index contributed by atoms with van der Waals surface area (Å²) in [6.07, 6.45) is 3.85. The number of pyridine rings is 1. The van der Waals surface area contributed by atoms with Crippen LogP contribution in [0.2, 0.25) is 0 Å². The maximum Gasteiger partial charge on any atom is 0.217 e. The fraction of sp³-hybridized carbons (Fsp3) is 0.571. The summed E-state index contributed by atoms with van der Waals surface area (Å²) in [7, 11) is 0. The van der Waals surface area contributed by atoms with Crippen molar-refractivity contribution in [2.24, 2.45) is 0 Å². The fourth-order valence-corrected chi connectivity index (χ4v) is 1.29. The molecule has 1 amide bonds. The molecule has 0 spiro atoms. The van der Waals surface area contributed by atoms with Crippen LogP contribution in [-0.2, 0) is 4.79 Å². The van der Waals surface area contributed by atoms with Gasteiger partial charge in [0, 0.05) is 25.9 Å². The zero-order valence-electron chi connectivity index (χ0n) is 12.1. The Labute approximate surface area is 110 Å². The summed E-state index contributed by atoms with van der Waals surface area (Å²) in [5.74, 6) is -0.0970. The van der Waals surface area contributed by atoms with Gasteiger partial charge in [0.15, 0.2) is 0 Å². The van der Waals surface area contributed by atoms with Crippen LogP contribution in [0.15, 0.2) is 24.5 Å². The monoisotopic (exact) mass is 254 g/mol. The molecule has 1 atom stereocenters. The number of hydrogen-bond donors (Lipinski definition) is 2. The van der Waals surface area contributed by atoms with Crippen LogP contribution in [-0.4, -0.2) is 22.6 Å². The molecule has 1 rings (SSSR count). The molecule has 0 unspecified atom stereocenters. The zero-order valence-corrected chi connectivity index (χ0v) is 12.1. The first-order valence-electron chi connectivity index (χ1n) is 6.52. The molecule has 1 aromatic rings. The molecule has 0 bridgehead atoms. The second kappa shape index (κ2) is 13.6. The van der Waals surface area contributed by atoms with Gasteiger partial charge in [-0.3, -0.25) is 9.78 Å². The second-order valence-electron chi connectivity index (χ2n) is 3.05. The van der Waals surface area contributed by atoms with E-state index in [4.69, 9.17) is 5.11 Å². The SMILES string of the molecule is CC.CC.CC(=O)N[C@@H](CCO)c1ccncc1. The first-order chi connectivity index (χ1) is 8.74. The molecule has 104 valence electrons. The highest BCUT2D eigenvalue weighted by Crippen LogP contribution is 2.14. The van der Waals surface area contributed by atoms with Crippen LogP contribution >= 0.6 is 0 Å². The van der Waals surface area contributed by atoms with Gasteiger partial charge in [0.2, 0.25) is 5.91 Å². The molecule has 0 fully saturated rings. The maximum absolute atomic E-state index is 10.9. The molecule has 1 heterocycles. The Morgan fingerprint density at radius 2 is 1.78 bits per heavy atom. The number of aliphatic hydroxyl groups excluding tert-OH is 1. The van der Waals surface area contributed by atoms with Gasteiger partial charge < -0.3 is 10.4 Å². The van der Waals surface area contributed by atoms with E-state index in [2.05, 4.69) is 10.3 Å². The van der Waals surface area contributed by atoms with Crippen LogP contribution in [0.25, 0.3) is 0 Å². The Bertz CT molecular complexity index is 289. The summed E-state index contributed by atoms with van der Waals surface area (Å²) >= 11 is 0. The number of amides is 1. The summed E-state index contributed by atoms with van der Waals surface area (Å²) in [5.41, 5.74) is 0.962. The number of carbonyl (C=O) groups is 1. The number of hydrogen-bond acceptors (Lipinski definition) is 3. The molecule has 0 aliphatic carbocycles. The topological polar surface area (TPSA) is 62.2 Å². The van der Waals surface area contributed by atoms with E-state index >= 15 is 0 Å². The first kappa shape index (κ1) is 18.9. The van der Waals surface area contributed by atoms with Crippen LogP contribution in [0.3, 0.4) is 0 Å². The lowest BCUT2D eigenvalue weighted by molar-refractivity contribution is -0.119. The van der Waals surface area contributed by atoms with Crippen molar-refractivity contribution in [3.63, 3.8) is 0 Å². The zero-order chi connectivity index (χ0) is 14.4. The lowest BCUT2D eigenvalue weighted by Crippen LogP contribution is -2.26. The van der Waals surface area contributed by atoms with Crippen LogP contribution in [0, 0.1) is 0 Å². The van der Waals surface area contributed by atoms with Crippen molar-refractivity contribution < 1.29 is 9.90 Å². The maximum atomic E-state index is 10.9. The van der Waals surface area contributed by atoms with Gasteiger partial charge in [0.05, 0.1) is 6.04 Å². The highest BCUT2D eigenvalue weighted by Gasteiger charge is 2.10. The Balaban J connectivity index is 0. The molecule has 0 radical (unpaired) electrons. The predicted molar refractivity (Wildman–Crippen MR) is 75.2 cm³/mol. The molecular formula is C14H26N2O2. The third-order valence-electron chi connectivity index (χ3n) is 1.90. The van der Waals surface area contributed by atoms with E-state index < -0.39 is 0 Å². The van der Waals surface area contributed by atoms with Crippen molar-refractivity contribution in [2.75, 3.05) is 6.61 Å². The van der Waals surface area contributed by atoms with Crippen molar-refractivity contribution >= 4 is 5.91 Å². The first-order valence-corrected chi connectivity index (χ1v) is 6.52.